The summed E-state index contributed by atoms with van der Waals surface area (Å²) in [7, 11) is 1.51. The van der Waals surface area contributed by atoms with E-state index in [9.17, 15) is 4.79 Å². The number of carbonyl (C=O) groups excluding carboxylic acids is 1. The highest BCUT2D eigenvalue weighted by atomic mass is 32.2. The molecule has 0 fully saturated rings. The fourth-order valence-corrected chi connectivity index (χ4v) is 1.66. The Labute approximate surface area is 107 Å². The highest BCUT2D eigenvalue weighted by molar-refractivity contribution is 7.98. The fourth-order valence-electron chi connectivity index (χ4n) is 1.26. The number of aromatic nitrogens is 3. The minimum Gasteiger partial charge on any atom is -0.354 e. The van der Waals surface area contributed by atoms with E-state index in [0.29, 0.717) is 5.82 Å². The van der Waals surface area contributed by atoms with Crippen molar-refractivity contribution < 1.29 is 9.42 Å². The molecule has 8 heteroatoms. The van der Waals surface area contributed by atoms with Crippen LogP contribution in [0.3, 0.4) is 0 Å². The average Bonchev–Trinajstić information content (AvgIpc) is 2.86. The maximum Gasteiger partial charge on any atom is 0.277 e. The zero-order chi connectivity index (χ0) is 13.0. The SMILES string of the molecule is CNC(=O)c1nonc1Nc1cccc(SC)n1. The molecule has 0 aromatic carbocycles. The standard InChI is InChI=1S/C10H11N5O2S/c1-11-10(16)8-9(15-17-14-8)13-6-4-3-5-7(12-6)18-2/h3-5H,1-2H3,(H,11,16)(H,12,13,15). The molecule has 0 saturated heterocycles. The first kappa shape index (κ1) is 12.4. The molecule has 0 radical (unpaired) electrons. The van der Waals surface area contributed by atoms with Gasteiger partial charge in [0.2, 0.25) is 11.5 Å². The van der Waals surface area contributed by atoms with Crippen molar-refractivity contribution in [2.75, 3.05) is 18.6 Å². The number of rotatable bonds is 4. The summed E-state index contributed by atoms with van der Waals surface area (Å²) in [5.74, 6) is 0.433. The molecule has 7 nitrogen and oxygen atoms in total. The van der Waals surface area contributed by atoms with Gasteiger partial charge in [-0.3, -0.25) is 4.79 Å². The van der Waals surface area contributed by atoms with Crippen molar-refractivity contribution >= 4 is 29.3 Å². The normalized spacial score (nSPS) is 10.1. The zero-order valence-corrected chi connectivity index (χ0v) is 10.6. The molecule has 94 valence electrons. The van der Waals surface area contributed by atoms with E-state index in [-0.39, 0.29) is 17.4 Å². The van der Waals surface area contributed by atoms with Gasteiger partial charge < -0.3 is 10.6 Å². The molecule has 2 N–H and O–H groups in total. The molecule has 0 bridgehead atoms. The van der Waals surface area contributed by atoms with Crippen LogP contribution in [0.4, 0.5) is 11.6 Å². The Kier molecular flexibility index (Phi) is 3.78. The Balaban J connectivity index is 2.23. The van der Waals surface area contributed by atoms with Crippen molar-refractivity contribution in [1.29, 1.82) is 0 Å². The van der Waals surface area contributed by atoms with Crippen LogP contribution in [0.25, 0.3) is 0 Å². The van der Waals surface area contributed by atoms with E-state index in [0.717, 1.165) is 5.03 Å². The number of nitrogens with zero attached hydrogens (tertiary/aromatic N) is 3. The van der Waals surface area contributed by atoms with E-state index < -0.39 is 0 Å². The quantitative estimate of drug-likeness (QED) is 0.804. The summed E-state index contributed by atoms with van der Waals surface area (Å²) < 4.78 is 4.54. The minimum absolute atomic E-state index is 0.0915. The highest BCUT2D eigenvalue weighted by Gasteiger charge is 2.17. The van der Waals surface area contributed by atoms with Gasteiger partial charge in [-0.1, -0.05) is 6.07 Å². The van der Waals surface area contributed by atoms with Crippen LogP contribution in [0.15, 0.2) is 27.9 Å². The molecular weight excluding hydrogens is 254 g/mol. The highest BCUT2D eigenvalue weighted by Crippen LogP contribution is 2.18. The third-order valence-corrected chi connectivity index (χ3v) is 2.76. The molecule has 2 aromatic rings. The van der Waals surface area contributed by atoms with Gasteiger partial charge in [0.1, 0.15) is 5.82 Å². The molecule has 0 aliphatic heterocycles. The Morgan fingerprint density at radius 3 is 2.94 bits per heavy atom. The first-order chi connectivity index (χ1) is 8.74. The van der Waals surface area contributed by atoms with Crippen LogP contribution in [0.1, 0.15) is 10.5 Å². The third-order valence-electron chi connectivity index (χ3n) is 2.11. The average molecular weight is 265 g/mol. The molecule has 0 unspecified atom stereocenters. The largest absolute Gasteiger partial charge is 0.354 e. The van der Waals surface area contributed by atoms with Gasteiger partial charge >= 0.3 is 0 Å². The molecule has 2 aromatic heterocycles. The molecule has 1 amide bonds. The van der Waals surface area contributed by atoms with Crippen LogP contribution in [0, 0.1) is 0 Å². The Morgan fingerprint density at radius 1 is 1.39 bits per heavy atom. The van der Waals surface area contributed by atoms with Crippen LogP contribution in [-0.2, 0) is 0 Å². The number of nitrogens with one attached hydrogen (secondary N) is 2. The smallest absolute Gasteiger partial charge is 0.277 e. The van der Waals surface area contributed by atoms with Crippen LogP contribution in [-0.4, -0.2) is 34.5 Å². The van der Waals surface area contributed by atoms with Crippen LogP contribution >= 0.6 is 11.8 Å². The van der Waals surface area contributed by atoms with E-state index in [1.54, 1.807) is 6.07 Å². The summed E-state index contributed by atoms with van der Waals surface area (Å²) in [4.78, 5) is 15.8. The summed E-state index contributed by atoms with van der Waals surface area (Å²) in [6.07, 6.45) is 1.93. The van der Waals surface area contributed by atoms with Crippen molar-refractivity contribution in [3.05, 3.63) is 23.9 Å². The minimum atomic E-state index is -0.375. The number of hydrogen-bond acceptors (Lipinski definition) is 7. The van der Waals surface area contributed by atoms with Gasteiger partial charge in [-0.25, -0.2) is 9.61 Å². The van der Waals surface area contributed by atoms with Gasteiger partial charge in [-0.15, -0.1) is 11.8 Å². The molecule has 0 atom stereocenters. The Morgan fingerprint density at radius 2 is 2.22 bits per heavy atom. The second-order valence-electron chi connectivity index (χ2n) is 3.23. The van der Waals surface area contributed by atoms with Crippen LogP contribution < -0.4 is 10.6 Å². The summed E-state index contributed by atoms with van der Waals surface area (Å²) >= 11 is 1.52. The number of amides is 1. The number of anilines is 2. The summed E-state index contributed by atoms with van der Waals surface area (Å²) in [6, 6.07) is 5.51. The number of hydrogen-bond donors (Lipinski definition) is 2. The van der Waals surface area contributed by atoms with Crippen LogP contribution in [0.2, 0.25) is 0 Å². The van der Waals surface area contributed by atoms with E-state index >= 15 is 0 Å². The third kappa shape index (κ3) is 2.59. The number of thioether (sulfide) groups is 1. The van der Waals surface area contributed by atoms with Crippen molar-refractivity contribution in [2.45, 2.75) is 5.03 Å². The zero-order valence-electron chi connectivity index (χ0n) is 9.80. The topological polar surface area (TPSA) is 92.9 Å². The molecule has 0 aliphatic rings. The Hall–Kier alpha value is -2.09. The predicted molar refractivity (Wildman–Crippen MR) is 67.0 cm³/mol. The summed E-state index contributed by atoms with van der Waals surface area (Å²) in [5, 5.41) is 13.4. The maximum atomic E-state index is 11.5. The van der Waals surface area contributed by atoms with E-state index in [4.69, 9.17) is 0 Å². The second-order valence-corrected chi connectivity index (χ2v) is 4.06. The van der Waals surface area contributed by atoms with Gasteiger partial charge in [0.25, 0.3) is 5.91 Å². The van der Waals surface area contributed by atoms with Gasteiger partial charge in [0.05, 0.1) is 5.03 Å². The lowest BCUT2D eigenvalue weighted by molar-refractivity contribution is 0.0954. The Bertz CT molecular complexity index is 557. The van der Waals surface area contributed by atoms with Crippen molar-refractivity contribution in [1.82, 2.24) is 20.6 Å². The molecule has 0 saturated carbocycles. The summed E-state index contributed by atoms with van der Waals surface area (Å²) in [5.41, 5.74) is 0.0915. The molecule has 2 rings (SSSR count). The van der Waals surface area contributed by atoms with Gasteiger partial charge in [-0.05, 0) is 28.7 Å². The number of pyridine rings is 1. The van der Waals surface area contributed by atoms with Crippen molar-refractivity contribution in [3.8, 4) is 0 Å². The molecule has 0 spiro atoms. The maximum absolute atomic E-state index is 11.5. The first-order valence-corrected chi connectivity index (χ1v) is 6.29. The van der Waals surface area contributed by atoms with Gasteiger partial charge in [0, 0.05) is 7.05 Å². The van der Waals surface area contributed by atoms with Gasteiger partial charge in [0.15, 0.2) is 0 Å². The monoisotopic (exact) mass is 265 g/mol. The molecule has 18 heavy (non-hydrogen) atoms. The summed E-state index contributed by atoms with van der Waals surface area (Å²) in [6.45, 7) is 0. The lowest BCUT2D eigenvalue weighted by atomic mass is 10.4. The van der Waals surface area contributed by atoms with E-state index in [1.807, 2.05) is 18.4 Å². The number of carbonyl (C=O) groups is 1. The van der Waals surface area contributed by atoms with Crippen molar-refractivity contribution in [3.63, 3.8) is 0 Å². The second kappa shape index (κ2) is 5.50. The lowest BCUT2D eigenvalue weighted by Crippen LogP contribution is -2.19. The lowest BCUT2D eigenvalue weighted by Gasteiger charge is -2.03. The fraction of sp³-hybridized carbons (Fsp3) is 0.200. The molecular formula is C10H11N5O2S. The molecule has 0 aliphatic carbocycles. The van der Waals surface area contributed by atoms with Crippen LogP contribution in [0.5, 0.6) is 0 Å². The van der Waals surface area contributed by atoms with Gasteiger partial charge in [-0.2, -0.15) is 0 Å². The van der Waals surface area contributed by atoms with E-state index in [1.165, 1.54) is 18.8 Å². The van der Waals surface area contributed by atoms with E-state index in [2.05, 4.69) is 30.6 Å². The van der Waals surface area contributed by atoms with Crippen molar-refractivity contribution in [2.24, 2.45) is 0 Å². The first-order valence-electron chi connectivity index (χ1n) is 5.07. The molecule has 2 heterocycles. The predicted octanol–water partition coefficient (Wildman–Crippen LogP) is 1.29.